The monoisotopic (exact) mass is 641 g/mol. The molecule has 0 amide bonds. The number of nitrogens with zero attached hydrogens (tertiary/aromatic N) is 3. The summed E-state index contributed by atoms with van der Waals surface area (Å²) in [6, 6.07) is 9.88. The molecule has 1 N–H and O–H groups in total. The third kappa shape index (κ3) is 4.64. The van der Waals surface area contributed by atoms with Gasteiger partial charge in [0.2, 0.25) is 0 Å². The molecule has 0 radical (unpaired) electrons. The van der Waals surface area contributed by atoms with E-state index in [1.54, 1.807) is 4.68 Å². The molecule has 5 aliphatic rings. The van der Waals surface area contributed by atoms with Crippen molar-refractivity contribution in [3.63, 3.8) is 0 Å². The molecule has 254 valence electrons. The molecule has 0 saturated heterocycles. The highest BCUT2D eigenvalue weighted by atomic mass is 16.5. The number of carbonyl (C=O) groups excluding carboxylic acids is 1. The summed E-state index contributed by atoms with van der Waals surface area (Å²) in [5, 5.41) is 19.1. The van der Waals surface area contributed by atoms with Crippen molar-refractivity contribution >= 4 is 11.9 Å². The first kappa shape index (κ1) is 32.6. The quantitative estimate of drug-likeness (QED) is 0.251. The van der Waals surface area contributed by atoms with E-state index in [1.807, 2.05) is 36.5 Å². The standard InChI is InChI=1S/C40H55N3O4/c1-25(2)27-15-20-40(35(45)46)22-21-38(6)28(34(27)40)13-14-31-37(5)18-17-32(36(3,4)30(37)16-19-39(31,38)7)47-33(44)24-43-23-29(41-42-43)26-11-9-8-10-12-26/h8-12,23,27-28,30-32,34H,1,13-22,24H2,2-7H3,(H,45,46)/t27-,28+,30-,31+,32-,34+,37-,38+,39+,40-/m0/s1. The average molecular weight is 642 g/mol. The van der Waals surface area contributed by atoms with Gasteiger partial charge < -0.3 is 9.84 Å². The number of ether oxygens (including phenoxy) is 1. The van der Waals surface area contributed by atoms with Gasteiger partial charge in [-0.25, -0.2) is 4.68 Å². The maximum atomic E-state index is 13.3. The Bertz CT molecular complexity index is 1570. The molecule has 1 heterocycles. The normalized spacial score (nSPS) is 41.9. The summed E-state index contributed by atoms with van der Waals surface area (Å²) in [4.78, 5) is 26.3. The van der Waals surface area contributed by atoms with Crippen molar-refractivity contribution in [2.24, 2.45) is 56.7 Å². The summed E-state index contributed by atoms with van der Waals surface area (Å²) in [6.07, 6.45) is 11.7. The lowest BCUT2D eigenvalue weighted by molar-refractivity contribution is -0.250. The predicted octanol–water partition coefficient (Wildman–Crippen LogP) is 8.60. The first-order valence-electron chi connectivity index (χ1n) is 18.2. The molecule has 1 aromatic heterocycles. The molecule has 2 aromatic rings. The van der Waals surface area contributed by atoms with E-state index in [-0.39, 0.29) is 46.2 Å². The van der Waals surface area contributed by atoms with E-state index in [0.717, 1.165) is 75.5 Å². The van der Waals surface area contributed by atoms with Crippen LogP contribution in [-0.2, 0) is 20.9 Å². The number of benzene rings is 1. The van der Waals surface area contributed by atoms with Gasteiger partial charge in [-0.1, -0.05) is 82.3 Å². The highest BCUT2D eigenvalue weighted by Crippen LogP contribution is 2.77. The molecular formula is C40H55N3O4. The van der Waals surface area contributed by atoms with Crippen LogP contribution in [0.15, 0.2) is 48.7 Å². The lowest BCUT2D eigenvalue weighted by Crippen LogP contribution is -2.67. The second kappa shape index (κ2) is 11.0. The minimum absolute atomic E-state index is 0.0545. The Kier molecular flexibility index (Phi) is 7.65. The number of aliphatic carboxylic acids is 1. The van der Waals surface area contributed by atoms with Crippen molar-refractivity contribution in [2.45, 2.75) is 118 Å². The van der Waals surface area contributed by atoms with Gasteiger partial charge >= 0.3 is 11.9 Å². The smallest absolute Gasteiger partial charge is 0.328 e. The zero-order valence-corrected chi connectivity index (χ0v) is 29.4. The van der Waals surface area contributed by atoms with Crippen LogP contribution in [0.5, 0.6) is 0 Å². The molecule has 10 atom stereocenters. The van der Waals surface area contributed by atoms with Crippen LogP contribution >= 0.6 is 0 Å². The Labute approximate surface area is 280 Å². The van der Waals surface area contributed by atoms with Gasteiger partial charge in [-0.3, -0.25) is 9.59 Å². The number of esters is 1. The van der Waals surface area contributed by atoms with Gasteiger partial charge in [-0.2, -0.15) is 0 Å². The Morgan fingerprint density at radius 3 is 2.36 bits per heavy atom. The van der Waals surface area contributed by atoms with Gasteiger partial charge in [0.15, 0.2) is 0 Å². The number of carbonyl (C=O) groups is 2. The summed E-state index contributed by atoms with van der Waals surface area (Å²) in [5.74, 6) is 1.13. The van der Waals surface area contributed by atoms with Gasteiger partial charge in [-0.05, 0) is 117 Å². The largest absolute Gasteiger partial charge is 0.481 e. The number of hydrogen-bond acceptors (Lipinski definition) is 5. The molecular weight excluding hydrogens is 586 g/mol. The van der Waals surface area contributed by atoms with Crippen LogP contribution in [0.1, 0.15) is 106 Å². The van der Waals surface area contributed by atoms with Gasteiger partial charge in [-0.15, -0.1) is 5.10 Å². The zero-order valence-electron chi connectivity index (χ0n) is 29.4. The van der Waals surface area contributed by atoms with Crippen molar-refractivity contribution in [3.8, 4) is 11.3 Å². The lowest BCUT2D eigenvalue weighted by atomic mass is 9.32. The van der Waals surface area contributed by atoms with Crippen molar-refractivity contribution < 1.29 is 19.4 Å². The number of carboxylic acid groups (broad SMARTS) is 1. The van der Waals surface area contributed by atoms with Gasteiger partial charge in [0.25, 0.3) is 0 Å². The second-order valence-electron chi connectivity index (χ2n) is 17.7. The number of aromatic nitrogens is 3. The molecule has 5 aliphatic carbocycles. The molecule has 7 nitrogen and oxygen atoms in total. The van der Waals surface area contributed by atoms with E-state index < -0.39 is 11.4 Å². The first-order valence-corrected chi connectivity index (χ1v) is 18.2. The van der Waals surface area contributed by atoms with Crippen LogP contribution in [0.2, 0.25) is 0 Å². The molecule has 7 heteroatoms. The SMILES string of the molecule is C=C(C)[C@@H]1CC[C@]2(C(=O)O)CC[C@]3(C)[C@H](CC[C@@H]4[C@@]5(C)CC[C@H](OC(=O)Cn6cc(-c7ccccc7)nn6)C(C)(C)[C@@H]5CC[C@]43C)[C@@H]12. The molecule has 0 unspecified atom stereocenters. The highest BCUT2D eigenvalue weighted by Gasteiger charge is 2.72. The summed E-state index contributed by atoms with van der Waals surface area (Å²) in [5.41, 5.74) is 2.57. The maximum Gasteiger partial charge on any atom is 0.328 e. The van der Waals surface area contributed by atoms with Gasteiger partial charge in [0.05, 0.1) is 11.6 Å². The van der Waals surface area contributed by atoms with E-state index in [2.05, 4.69) is 58.4 Å². The first-order chi connectivity index (χ1) is 22.2. The van der Waals surface area contributed by atoms with Gasteiger partial charge in [0.1, 0.15) is 18.3 Å². The highest BCUT2D eigenvalue weighted by molar-refractivity contribution is 5.76. The Morgan fingerprint density at radius 1 is 0.915 bits per heavy atom. The third-order valence-corrected chi connectivity index (χ3v) is 15.6. The number of rotatable bonds is 6. The maximum absolute atomic E-state index is 13.3. The van der Waals surface area contributed by atoms with E-state index in [1.165, 1.54) is 5.57 Å². The summed E-state index contributed by atoms with van der Waals surface area (Å²) in [6.45, 7) is 18.9. The lowest BCUT2D eigenvalue weighted by Gasteiger charge is -2.72. The van der Waals surface area contributed by atoms with Crippen molar-refractivity contribution in [1.82, 2.24) is 15.0 Å². The number of hydrogen-bond donors (Lipinski definition) is 1. The predicted molar refractivity (Wildman–Crippen MR) is 182 cm³/mol. The molecule has 0 aliphatic heterocycles. The van der Waals surface area contributed by atoms with Crippen LogP contribution in [0.25, 0.3) is 11.3 Å². The fraction of sp³-hybridized carbons (Fsp3) is 0.700. The molecule has 0 spiro atoms. The van der Waals surface area contributed by atoms with E-state index in [9.17, 15) is 14.7 Å². The van der Waals surface area contributed by atoms with Crippen LogP contribution in [-0.4, -0.2) is 38.1 Å². The number of fused-ring (bicyclic) bond motifs is 7. The minimum atomic E-state index is -0.586. The Morgan fingerprint density at radius 2 is 1.66 bits per heavy atom. The summed E-state index contributed by atoms with van der Waals surface area (Å²) in [7, 11) is 0. The summed E-state index contributed by atoms with van der Waals surface area (Å²) < 4.78 is 7.90. The second-order valence-corrected chi connectivity index (χ2v) is 17.7. The third-order valence-electron chi connectivity index (χ3n) is 15.6. The Hall–Kier alpha value is -2.96. The van der Waals surface area contributed by atoms with E-state index in [0.29, 0.717) is 23.7 Å². The molecule has 0 bridgehead atoms. The number of carboxylic acids is 1. The van der Waals surface area contributed by atoms with Crippen molar-refractivity contribution in [2.75, 3.05) is 0 Å². The number of allylic oxidation sites excluding steroid dienone is 1. The Balaban J connectivity index is 1.10. The average Bonchev–Trinajstić information content (AvgIpc) is 3.65. The van der Waals surface area contributed by atoms with E-state index >= 15 is 0 Å². The summed E-state index contributed by atoms with van der Waals surface area (Å²) >= 11 is 0. The fourth-order valence-corrected chi connectivity index (χ4v) is 13.1. The van der Waals surface area contributed by atoms with Gasteiger partial charge in [0, 0.05) is 11.0 Å². The van der Waals surface area contributed by atoms with Crippen molar-refractivity contribution in [3.05, 3.63) is 48.7 Å². The van der Waals surface area contributed by atoms with Crippen molar-refractivity contribution in [1.29, 1.82) is 0 Å². The topological polar surface area (TPSA) is 94.3 Å². The molecule has 5 saturated carbocycles. The molecule has 1 aromatic carbocycles. The molecule has 5 fully saturated rings. The van der Waals surface area contributed by atoms with Crippen LogP contribution in [0, 0.1) is 56.7 Å². The molecule has 7 rings (SSSR count). The van der Waals surface area contributed by atoms with Crippen LogP contribution < -0.4 is 0 Å². The fourth-order valence-electron chi connectivity index (χ4n) is 13.1. The minimum Gasteiger partial charge on any atom is -0.481 e. The van der Waals surface area contributed by atoms with Crippen LogP contribution in [0.3, 0.4) is 0 Å². The molecule has 47 heavy (non-hydrogen) atoms. The van der Waals surface area contributed by atoms with E-state index in [4.69, 9.17) is 4.74 Å². The van der Waals surface area contributed by atoms with Crippen LogP contribution in [0.4, 0.5) is 0 Å². The zero-order chi connectivity index (χ0) is 33.6.